The minimum absolute atomic E-state index is 0.212. The molecule has 1 aliphatic heterocycles. The van der Waals surface area contributed by atoms with E-state index < -0.39 is 22.0 Å². The molecule has 0 aromatic carbocycles. The number of nitrogens with zero attached hydrogens (tertiary/aromatic N) is 3. The van der Waals surface area contributed by atoms with Crippen LogP contribution < -0.4 is 5.32 Å². The molecule has 2 fully saturated rings. The summed E-state index contributed by atoms with van der Waals surface area (Å²) in [6, 6.07) is -0.565. The lowest BCUT2D eigenvalue weighted by atomic mass is 9.92. The first-order valence-electron chi connectivity index (χ1n) is 9.05. The molecule has 1 N–H and O–H groups in total. The number of ether oxygens (including phenoxy) is 1. The highest BCUT2D eigenvalue weighted by Crippen LogP contribution is 2.32. The maximum Gasteiger partial charge on any atom is 0.251 e. The van der Waals surface area contributed by atoms with Crippen molar-refractivity contribution in [2.45, 2.75) is 48.3 Å². The Bertz CT molecular complexity index is 830. The largest absolute Gasteiger partial charge is 0.381 e. The average molecular weight is 413 g/mol. The molecule has 2 aromatic rings. The van der Waals surface area contributed by atoms with E-state index in [1.807, 2.05) is 0 Å². The van der Waals surface area contributed by atoms with Gasteiger partial charge in [0, 0.05) is 24.7 Å². The topological polar surface area (TPSA) is 86.1 Å². The molecule has 1 amide bonds. The van der Waals surface area contributed by atoms with E-state index in [-0.39, 0.29) is 16.3 Å². The van der Waals surface area contributed by atoms with Crippen molar-refractivity contribution in [2.75, 3.05) is 18.5 Å². The van der Waals surface area contributed by atoms with Gasteiger partial charge in [0.05, 0.1) is 28.1 Å². The minimum atomic E-state index is -1.07. The van der Waals surface area contributed by atoms with Crippen LogP contribution in [0.1, 0.15) is 38.1 Å². The van der Waals surface area contributed by atoms with E-state index >= 15 is 0 Å². The molecule has 1 saturated heterocycles. The third-order valence-electron chi connectivity index (χ3n) is 4.86. The lowest BCUT2D eigenvalue weighted by Gasteiger charge is -2.26. The first kappa shape index (κ1) is 18.7. The second kappa shape index (κ2) is 8.15. The number of carbonyl (C=O) groups is 1. The van der Waals surface area contributed by atoms with Gasteiger partial charge in [0.25, 0.3) is 5.91 Å². The zero-order valence-corrected chi connectivity index (χ0v) is 16.3. The summed E-state index contributed by atoms with van der Waals surface area (Å²) in [7, 11) is -1.07. The van der Waals surface area contributed by atoms with E-state index in [0.29, 0.717) is 30.4 Å². The Labute approximate surface area is 162 Å². The van der Waals surface area contributed by atoms with Crippen LogP contribution in [0.4, 0.5) is 9.52 Å². The molecule has 2 aromatic heterocycles. The van der Waals surface area contributed by atoms with Gasteiger partial charge in [-0.05, 0) is 38.0 Å². The summed E-state index contributed by atoms with van der Waals surface area (Å²) in [6.07, 6.45) is 8.69. The monoisotopic (exact) mass is 412 g/mol. The summed E-state index contributed by atoms with van der Waals surface area (Å²) in [5.41, 5.74) is 0. The Morgan fingerprint density at radius 1 is 1.37 bits per heavy atom. The fourth-order valence-electron chi connectivity index (χ4n) is 3.20. The van der Waals surface area contributed by atoms with Crippen LogP contribution in [-0.4, -0.2) is 43.3 Å². The van der Waals surface area contributed by atoms with Gasteiger partial charge in [0.1, 0.15) is 6.04 Å². The van der Waals surface area contributed by atoms with Crippen molar-refractivity contribution in [1.82, 2.24) is 14.8 Å². The number of amides is 1. The number of hydrogen-bond donors (Lipinski definition) is 1. The van der Waals surface area contributed by atoms with Crippen molar-refractivity contribution in [3.63, 3.8) is 0 Å². The molecule has 2 atom stereocenters. The van der Waals surface area contributed by atoms with Crippen LogP contribution in [0.15, 0.2) is 23.5 Å². The predicted octanol–water partition coefficient (Wildman–Crippen LogP) is 2.75. The smallest absolute Gasteiger partial charge is 0.251 e. The molecule has 2 unspecified atom stereocenters. The van der Waals surface area contributed by atoms with Gasteiger partial charge in [0.15, 0.2) is 10.3 Å². The van der Waals surface area contributed by atoms with Gasteiger partial charge in [-0.3, -0.25) is 13.7 Å². The van der Waals surface area contributed by atoms with E-state index in [2.05, 4.69) is 15.4 Å². The summed E-state index contributed by atoms with van der Waals surface area (Å²) in [6.45, 7) is 1.37. The zero-order valence-electron chi connectivity index (χ0n) is 14.7. The summed E-state index contributed by atoms with van der Waals surface area (Å²) < 4.78 is 32.6. The van der Waals surface area contributed by atoms with Gasteiger partial charge < -0.3 is 10.1 Å². The fraction of sp³-hybridized carbons (Fsp3) is 0.588. The van der Waals surface area contributed by atoms with Crippen LogP contribution in [0, 0.1) is 11.0 Å². The molecule has 4 rings (SSSR count). The highest BCUT2D eigenvalue weighted by Gasteiger charge is 2.32. The number of rotatable bonds is 7. The molecule has 1 saturated carbocycles. The van der Waals surface area contributed by atoms with Crippen molar-refractivity contribution >= 4 is 33.2 Å². The normalized spacial score (nSPS) is 20.3. The van der Waals surface area contributed by atoms with Gasteiger partial charge in [-0.25, -0.2) is 4.98 Å². The first-order valence-corrected chi connectivity index (χ1v) is 11.1. The highest BCUT2D eigenvalue weighted by atomic mass is 32.2. The molecule has 0 spiro atoms. The van der Waals surface area contributed by atoms with Crippen LogP contribution in [-0.2, 0) is 20.3 Å². The molecule has 146 valence electrons. The van der Waals surface area contributed by atoms with Crippen LogP contribution >= 0.6 is 11.3 Å². The van der Waals surface area contributed by atoms with Crippen molar-refractivity contribution in [1.29, 1.82) is 0 Å². The van der Waals surface area contributed by atoms with Crippen molar-refractivity contribution in [3.8, 4) is 0 Å². The van der Waals surface area contributed by atoms with Crippen molar-refractivity contribution < 1.29 is 18.1 Å². The second-order valence-electron chi connectivity index (χ2n) is 6.92. The number of thiazole rings is 1. The number of hydrogen-bond acceptors (Lipinski definition) is 6. The van der Waals surface area contributed by atoms with E-state index in [4.69, 9.17) is 4.74 Å². The third kappa shape index (κ3) is 4.61. The van der Waals surface area contributed by atoms with E-state index in [1.54, 1.807) is 17.1 Å². The summed E-state index contributed by atoms with van der Waals surface area (Å²) >= 11 is 0.789. The lowest BCUT2D eigenvalue weighted by Crippen LogP contribution is -2.30. The van der Waals surface area contributed by atoms with Gasteiger partial charge in [-0.15, -0.1) is 0 Å². The second-order valence-corrected chi connectivity index (χ2v) is 9.63. The average Bonchev–Trinajstić information content (AvgIpc) is 3.27. The Kier molecular flexibility index (Phi) is 5.65. The molecule has 10 heteroatoms. The molecular formula is C17H21FN4O3S2. The standard InChI is InChI=1S/C17H21FN4O3S2/c18-15-9-19-17(26-15)21-16(23)14(7-11-3-5-25-6-4-11)22-10-13(8-20-22)27(24)12-1-2-12/h8-12,14H,1-7H2,(H,19,21,23). The Morgan fingerprint density at radius 3 is 2.81 bits per heavy atom. The quantitative estimate of drug-likeness (QED) is 0.756. The van der Waals surface area contributed by atoms with E-state index in [0.717, 1.165) is 43.2 Å². The third-order valence-corrected chi connectivity index (χ3v) is 7.32. The van der Waals surface area contributed by atoms with Crippen molar-refractivity contribution in [3.05, 3.63) is 23.7 Å². The number of nitrogens with one attached hydrogen (secondary N) is 1. The van der Waals surface area contributed by atoms with Crippen molar-refractivity contribution in [2.24, 2.45) is 5.92 Å². The maximum absolute atomic E-state index is 13.2. The van der Waals surface area contributed by atoms with Crippen LogP contribution in [0.25, 0.3) is 0 Å². The van der Waals surface area contributed by atoms with Crippen LogP contribution in [0.2, 0.25) is 0 Å². The minimum Gasteiger partial charge on any atom is -0.381 e. The Morgan fingerprint density at radius 2 is 2.15 bits per heavy atom. The highest BCUT2D eigenvalue weighted by molar-refractivity contribution is 7.86. The number of carbonyl (C=O) groups excluding carboxylic acids is 1. The molecule has 7 nitrogen and oxygen atoms in total. The van der Waals surface area contributed by atoms with Gasteiger partial charge in [0.2, 0.25) is 0 Å². The lowest BCUT2D eigenvalue weighted by molar-refractivity contribution is -0.120. The molecule has 3 heterocycles. The molecule has 0 bridgehead atoms. The van der Waals surface area contributed by atoms with E-state index in [9.17, 15) is 13.4 Å². The van der Waals surface area contributed by atoms with Gasteiger partial charge in [-0.1, -0.05) is 11.3 Å². The number of halogens is 1. The summed E-state index contributed by atoms with van der Waals surface area (Å²) in [5, 5.41) is 6.99. The zero-order chi connectivity index (χ0) is 18.8. The Balaban J connectivity index is 1.52. The SMILES string of the molecule is O=C(Nc1ncc(F)s1)C(CC1CCOCC1)n1cc(S(=O)C2CC2)cn1. The molecule has 0 radical (unpaired) electrons. The molecular weight excluding hydrogens is 391 g/mol. The number of anilines is 1. The summed E-state index contributed by atoms with van der Waals surface area (Å²) in [5.74, 6) is 0.0480. The maximum atomic E-state index is 13.2. The van der Waals surface area contributed by atoms with Crippen LogP contribution in [0.5, 0.6) is 0 Å². The summed E-state index contributed by atoms with van der Waals surface area (Å²) in [4.78, 5) is 17.4. The first-order chi connectivity index (χ1) is 13.1. The molecule has 1 aliphatic carbocycles. The fourth-order valence-corrected chi connectivity index (χ4v) is 5.06. The van der Waals surface area contributed by atoms with Crippen LogP contribution in [0.3, 0.4) is 0 Å². The van der Waals surface area contributed by atoms with Gasteiger partial charge in [-0.2, -0.15) is 9.49 Å². The molecule has 2 aliphatic rings. The molecule has 27 heavy (non-hydrogen) atoms. The number of aromatic nitrogens is 3. The Hall–Kier alpha value is -1.65. The van der Waals surface area contributed by atoms with Gasteiger partial charge >= 0.3 is 0 Å². The predicted molar refractivity (Wildman–Crippen MR) is 99.6 cm³/mol. The van der Waals surface area contributed by atoms with E-state index in [1.165, 1.54) is 0 Å².